The number of sulfonamides is 1. The van der Waals surface area contributed by atoms with Gasteiger partial charge in [-0.15, -0.1) is 0 Å². The van der Waals surface area contributed by atoms with Crippen molar-refractivity contribution in [1.82, 2.24) is 9.29 Å². The van der Waals surface area contributed by atoms with Crippen LogP contribution in [0.2, 0.25) is 0 Å². The summed E-state index contributed by atoms with van der Waals surface area (Å²) in [5, 5.41) is 5.56. The summed E-state index contributed by atoms with van der Waals surface area (Å²) in [6, 6.07) is 11.1. The number of nitrogens with one attached hydrogen (secondary N) is 2. The Morgan fingerprint density at radius 3 is 2.47 bits per heavy atom. The van der Waals surface area contributed by atoms with Crippen LogP contribution in [0, 0.1) is 0 Å². The molecule has 0 fully saturated rings. The summed E-state index contributed by atoms with van der Waals surface area (Å²) in [6.45, 7) is 0.980. The molecule has 1 aromatic heterocycles. The van der Waals surface area contributed by atoms with Crippen molar-refractivity contribution in [2.75, 3.05) is 31.3 Å². The van der Waals surface area contributed by atoms with Crippen LogP contribution in [-0.2, 0) is 19.6 Å². The lowest BCUT2D eigenvalue weighted by Gasteiger charge is -2.16. The van der Waals surface area contributed by atoms with Crippen molar-refractivity contribution in [3.05, 3.63) is 42.5 Å². The number of likely N-dealkylation sites (N-methyl/N-ethyl adjacent to an activating group) is 1. The minimum atomic E-state index is -3.88. The number of rotatable bonds is 7. The van der Waals surface area contributed by atoms with E-state index in [2.05, 4.69) is 15.6 Å². The van der Waals surface area contributed by atoms with Gasteiger partial charge >= 0.3 is 0 Å². The molecule has 0 aliphatic heterocycles. The molecule has 0 spiro atoms. The van der Waals surface area contributed by atoms with E-state index in [-0.39, 0.29) is 17.3 Å². The predicted molar refractivity (Wildman–Crippen MR) is 115 cm³/mol. The van der Waals surface area contributed by atoms with Gasteiger partial charge in [0.05, 0.1) is 28.8 Å². The van der Waals surface area contributed by atoms with E-state index in [4.69, 9.17) is 4.74 Å². The third kappa shape index (κ3) is 4.93. The van der Waals surface area contributed by atoms with Crippen LogP contribution in [-0.4, -0.2) is 50.2 Å². The van der Waals surface area contributed by atoms with Crippen LogP contribution in [0.1, 0.15) is 6.92 Å². The second kappa shape index (κ2) is 8.78. The number of nitrogens with zero attached hydrogens (tertiary/aromatic N) is 2. The summed E-state index contributed by atoms with van der Waals surface area (Å²) in [6.07, 6.45) is 0. The molecular weight excluding hydrogens is 428 g/mol. The number of methoxy groups -OCH3 is 1. The molecule has 0 unspecified atom stereocenters. The highest BCUT2D eigenvalue weighted by Crippen LogP contribution is 2.29. The SMILES string of the molecule is COc1ccc2nc(NC(=O)CN(C)S(=O)(=O)c3ccc(NC(C)=O)cc3)sc2c1. The fourth-order valence-corrected chi connectivity index (χ4v) is 4.66. The van der Waals surface area contributed by atoms with Crippen LogP contribution in [0.15, 0.2) is 47.4 Å². The standard InChI is InChI=1S/C19H20N4O5S2/c1-12(24)20-13-4-7-15(8-5-13)30(26,27)23(2)11-18(25)22-19-21-16-9-6-14(28-3)10-17(16)29-19/h4-10H,11H2,1-3H3,(H,20,24)(H,21,22,25). The van der Waals surface area contributed by atoms with Crippen LogP contribution < -0.4 is 15.4 Å². The number of amides is 2. The molecule has 0 bridgehead atoms. The summed E-state index contributed by atoms with van der Waals surface area (Å²) in [5.74, 6) is -0.0889. The first-order valence-corrected chi connectivity index (χ1v) is 11.0. The molecule has 0 aliphatic rings. The normalized spacial score (nSPS) is 11.5. The zero-order chi connectivity index (χ0) is 21.9. The molecule has 0 aliphatic carbocycles. The quantitative estimate of drug-likeness (QED) is 0.574. The molecule has 158 valence electrons. The van der Waals surface area contributed by atoms with Crippen molar-refractivity contribution < 1.29 is 22.7 Å². The Labute approximate surface area is 177 Å². The van der Waals surface area contributed by atoms with Gasteiger partial charge in [-0.25, -0.2) is 13.4 Å². The van der Waals surface area contributed by atoms with Gasteiger partial charge in [-0.1, -0.05) is 11.3 Å². The van der Waals surface area contributed by atoms with Crippen LogP contribution >= 0.6 is 11.3 Å². The van der Waals surface area contributed by atoms with Gasteiger partial charge in [-0.05, 0) is 42.5 Å². The second-order valence-electron chi connectivity index (χ2n) is 6.37. The Bertz CT molecular complexity index is 1190. The monoisotopic (exact) mass is 448 g/mol. The molecular formula is C19H20N4O5S2. The van der Waals surface area contributed by atoms with Gasteiger partial charge in [0.15, 0.2) is 5.13 Å². The van der Waals surface area contributed by atoms with Crippen molar-refractivity contribution in [3.8, 4) is 5.75 Å². The van der Waals surface area contributed by atoms with Gasteiger partial charge in [0.25, 0.3) is 0 Å². The summed E-state index contributed by atoms with van der Waals surface area (Å²) < 4.78 is 32.4. The molecule has 2 N–H and O–H groups in total. The third-order valence-electron chi connectivity index (χ3n) is 4.09. The smallest absolute Gasteiger partial charge is 0.243 e. The largest absolute Gasteiger partial charge is 0.497 e. The maximum Gasteiger partial charge on any atom is 0.243 e. The number of thiazole rings is 1. The number of aromatic nitrogens is 1. The number of carbonyl (C=O) groups excluding carboxylic acids is 2. The first-order valence-electron chi connectivity index (χ1n) is 8.77. The lowest BCUT2D eigenvalue weighted by atomic mass is 10.3. The van der Waals surface area contributed by atoms with E-state index >= 15 is 0 Å². The number of fused-ring (bicyclic) bond motifs is 1. The van der Waals surface area contributed by atoms with E-state index in [9.17, 15) is 18.0 Å². The Hall–Kier alpha value is -3.02. The summed E-state index contributed by atoms with van der Waals surface area (Å²) in [4.78, 5) is 27.8. The zero-order valence-electron chi connectivity index (χ0n) is 16.5. The molecule has 11 heteroatoms. The molecule has 0 saturated heterocycles. The van der Waals surface area contributed by atoms with Gasteiger partial charge in [0.1, 0.15) is 5.75 Å². The first-order chi connectivity index (χ1) is 14.2. The highest BCUT2D eigenvalue weighted by molar-refractivity contribution is 7.89. The number of hydrogen-bond acceptors (Lipinski definition) is 7. The number of benzene rings is 2. The molecule has 0 saturated carbocycles. The zero-order valence-corrected chi connectivity index (χ0v) is 18.1. The van der Waals surface area contributed by atoms with Gasteiger partial charge in [-0.2, -0.15) is 4.31 Å². The number of ether oxygens (including phenoxy) is 1. The Kier molecular flexibility index (Phi) is 6.34. The highest BCUT2D eigenvalue weighted by atomic mass is 32.2. The van der Waals surface area contributed by atoms with Crippen molar-refractivity contribution in [1.29, 1.82) is 0 Å². The molecule has 0 radical (unpaired) electrons. The minimum Gasteiger partial charge on any atom is -0.497 e. The molecule has 2 aromatic carbocycles. The number of carbonyl (C=O) groups is 2. The van der Waals surface area contributed by atoms with Crippen LogP contribution in [0.3, 0.4) is 0 Å². The third-order valence-corrected chi connectivity index (χ3v) is 6.84. The number of anilines is 2. The fourth-order valence-electron chi connectivity index (χ4n) is 2.62. The van der Waals surface area contributed by atoms with E-state index in [1.807, 2.05) is 6.07 Å². The molecule has 1 heterocycles. The van der Waals surface area contributed by atoms with Gasteiger partial charge in [0, 0.05) is 19.7 Å². The lowest BCUT2D eigenvalue weighted by Crippen LogP contribution is -2.34. The molecule has 0 atom stereocenters. The summed E-state index contributed by atoms with van der Waals surface area (Å²) >= 11 is 1.27. The van der Waals surface area contributed by atoms with Gasteiger partial charge in [0.2, 0.25) is 21.8 Å². The first kappa shape index (κ1) is 21.7. The maximum atomic E-state index is 12.7. The van der Waals surface area contributed by atoms with E-state index in [1.54, 1.807) is 19.2 Å². The highest BCUT2D eigenvalue weighted by Gasteiger charge is 2.23. The van der Waals surface area contributed by atoms with E-state index in [1.165, 1.54) is 49.6 Å². The van der Waals surface area contributed by atoms with Crippen LogP contribution in [0.25, 0.3) is 10.2 Å². The molecule has 2 amide bonds. The van der Waals surface area contributed by atoms with E-state index < -0.39 is 15.9 Å². The Morgan fingerprint density at radius 2 is 1.83 bits per heavy atom. The lowest BCUT2D eigenvalue weighted by molar-refractivity contribution is -0.116. The van der Waals surface area contributed by atoms with Crippen molar-refractivity contribution in [2.24, 2.45) is 0 Å². The van der Waals surface area contributed by atoms with Crippen molar-refractivity contribution >= 4 is 54.2 Å². The van der Waals surface area contributed by atoms with Crippen LogP contribution in [0.4, 0.5) is 10.8 Å². The van der Waals surface area contributed by atoms with Crippen LogP contribution in [0.5, 0.6) is 5.75 Å². The van der Waals surface area contributed by atoms with Crippen molar-refractivity contribution in [3.63, 3.8) is 0 Å². The number of hydrogen-bond donors (Lipinski definition) is 2. The second-order valence-corrected chi connectivity index (χ2v) is 9.44. The average Bonchev–Trinajstić information content (AvgIpc) is 3.08. The summed E-state index contributed by atoms with van der Waals surface area (Å²) in [7, 11) is -0.996. The topological polar surface area (TPSA) is 118 Å². The molecule has 3 rings (SSSR count). The molecule has 30 heavy (non-hydrogen) atoms. The Balaban J connectivity index is 1.67. The fraction of sp³-hybridized carbons (Fsp3) is 0.211. The maximum absolute atomic E-state index is 12.7. The molecule has 3 aromatic rings. The Morgan fingerprint density at radius 1 is 1.13 bits per heavy atom. The van der Waals surface area contributed by atoms with E-state index in [0.29, 0.717) is 22.1 Å². The summed E-state index contributed by atoms with van der Waals surface area (Å²) in [5.41, 5.74) is 1.19. The van der Waals surface area contributed by atoms with Crippen molar-refractivity contribution in [2.45, 2.75) is 11.8 Å². The van der Waals surface area contributed by atoms with Gasteiger partial charge in [-0.3, -0.25) is 9.59 Å². The van der Waals surface area contributed by atoms with E-state index in [0.717, 1.165) is 9.01 Å². The predicted octanol–water partition coefficient (Wildman–Crippen LogP) is 2.52. The molecule has 9 nitrogen and oxygen atoms in total. The average molecular weight is 449 g/mol. The van der Waals surface area contributed by atoms with Gasteiger partial charge < -0.3 is 15.4 Å². The minimum absolute atomic E-state index is 0.0129.